The third-order valence-corrected chi connectivity index (χ3v) is 4.77. The summed E-state index contributed by atoms with van der Waals surface area (Å²) in [5.41, 5.74) is 1.54. The molecule has 1 aromatic heterocycles. The van der Waals surface area contributed by atoms with Crippen LogP contribution in [0.25, 0.3) is 11.3 Å². The Morgan fingerprint density at radius 2 is 1.80 bits per heavy atom. The highest BCUT2D eigenvalue weighted by atomic mass is 16.7. The molecule has 0 unspecified atom stereocenters. The maximum atomic E-state index is 6.20. The summed E-state index contributed by atoms with van der Waals surface area (Å²) in [6, 6.07) is 9.62. The van der Waals surface area contributed by atoms with Crippen LogP contribution in [0.2, 0.25) is 0 Å². The monoisotopic (exact) mass is 343 g/mol. The molecule has 0 bridgehead atoms. The highest BCUT2D eigenvalue weighted by Gasteiger charge is 2.26. The number of nitrogens with zero attached hydrogens (tertiary/aromatic N) is 3. The number of rotatable bonds is 11. The van der Waals surface area contributed by atoms with Crippen molar-refractivity contribution in [1.82, 2.24) is 15.4 Å². The van der Waals surface area contributed by atoms with E-state index in [1.165, 1.54) is 19.3 Å². The van der Waals surface area contributed by atoms with Crippen LogP contribution in [0.1, 0.15) is 59.3 Å². The third kappa shape index (κ3) is 5.49. The van der Waals surface area contributed by atoms with Gasteiger partial charge in [0.15, 0.2) is 6.79 Å². The maximum absolute atomic E-state index is 6.20. The van der Waals surface area contributed by atoms with Crippen LogP contribution in [0.4, 0.5) is 0 Å². The van der Waals surface area contributed by atoms with Gasteiger partial charge in [-0.1, -0.05) is 52.2 Å². The summed E-state index contributed by atoms with van der Waals surface area (Å²) in [7, 11) is 0. The Morgan fingerprint density at radius 3 is 2.48 bits per heavy atom. The fourth-order valence-corrected chi connectivity index (χ4v) is 2.98. The van der Waals surface area contributed by atoms with Gasteiger partial charge >= 0.3 is 0 Å². The lowest BCUT2D eigenvalue weighted by Gasteiger charge is -2.32. The minimum Gasteiger partial charge on any atom is -0.467 e. The summed E-state index contributed by atoms with van der Waals surface area (Å²) in [6.07, 6.45) is 8.36. The van der Waals surface area contributed by atoms with E-state index in [4.69, 9.17) is 9.47 Å². The fourth-order valence-electron chi connectivity index (χ4n) is 2.98. The number of benzene rings is 1. The first-order valence-corrected chi connectivity index (χ1v) is 9.25. The molecule has 0 amide bonds. The summed E-state index contributed by atoms with van der Waals surface area (Å²) < 4.78 is 12.1. The summed E-state index contributed by atoms with van der Waals surface area (Å²) in [6.45, 7) is 6.84. The molecular weight excluding hydrogens is 314 g/mol. The molecule has 5 heteroatoms. The minimum absolute atomic E-state index is 0.0966. The second-order valence-corrected chi connectivity index (χ2v) is 6.26. The van der Waals surface area contributed by atoms with Crippen LogP contribution in [0.5, 0.6) is 5.75 Å². The molecule has 0 radical (unpaired) electrons. The van der Waals surface area contributed by atoms with Gasteiger partial charge in [0.1, 0.15) is 11.4 Å². The van der Waals surface area contributed by atoms with Crippen molar-refractivity contribution in [3.05, 3.63) is 36.5 Å². The molecule has 1 aromatic carbocycles. The van der Waals surface area contributed by atoms with Gasteiger partial charge in [-0.05, 0) is 42.7 Å². The van der Waals surface area contributed by atoms with Crippen LogP contribution >= 0.6 is 0 Å². The fraction of sp³-hybridized carbons (Fsp3) is 0.550. The van der Waals surface area contributed by atoms with Crippen molar-refractivity contribution in [2.24, 2.45) is 0 Å². The lowest BCUT2D eigenvalue weighted by atomic mass is 9.90. The lowest BCUT2D eigenvalue weighted by molar-refractivity contribution is -0.115. The standard InChI is InChI=1S/C20H29N3O2/c1-4-7-10-14-20(5-2,6-3)25-16-24-19-12-9-8-11-17(19)18-13-15-21-23-22-18/h8-9,11-13,15H,4-7,10,14,16H2,1-3H3. The highest BCUT2D eigenvalue weighted by molar-refractivity contribution is 5.66. The first-order chi connectivity index (χ1) is 12.2. The van der Waals surface area contributed by atoms with Crippen molar-refractivity contribution >= 4 is 0 Å². The highest BCUT2D eigenvalue weighted by Crippen LogP contribution is 2.30. The van der Waals surface area contributed by atoms with E-state index >= 15 is 0 Å². The number of hydrogen-bond donors (Lipinski definition) is 0. The Bertz CT molecular complexity index is 615. The molecule has 0 spiro atoms. The number of hydrogen-bond acceptors (Lipinski definition) is 5. The topological polar surface area (TPSA) is 57.1 Å². The van der Waals surface area contributed by atoms with Crippen molar-refractivity contribution in [2.75, 3.05) is 6.79 Å². The Labute approximate surface area is 150 Å². The van der Waals surface area contributed by atoms with E-state index in [2.05, 4.69) is 36.2 Å². The lowest BCUT2D eigenvalue weighted by Crippen LogP contribution is -2.32. The zero-order chi connectivity index (χ0) is 18.0. The van der Waals surface area contributed by atoms with Crippen LogP contribution in [-0.4, -0.2) is 27.8 Å². The molecule has 0 aliphatic carbocycles. The van der Waals surface area contributed by atoms with E-state index in [-0.39, 0.29) is 12.4 Å². The molecule has 0 N–H and O–H groups in total. The average molecular weight is 343 g/mol. The second kappa shape index (κ2) is 10.1. The second-order valence-electron chi connectivity index (χ2n) is 6.26. The molecule has 0 atom stereocenters. The first kappa shape index (κ1) is 19.3. The first-order valence-electron chi connectivity index (χ1n) is 9.25. The quantitative estimate of drug-likeness (QED) is 0.423. The summed E-state index contributed by atoms with van der Waals surface area (Å²) in [4.78, 5) is 0. The molecule has 2 rings (SSSR count). The van der Waals surface area contributed by atoms with E-state index in [9.17, 15) is 0 Å². The van der Waals surface area contributed by atoms with Gasteiger partial charge in [0.05, 0.1) is 11.8 Å². The van der Waals surface area contributed by atoms with Crippen molar-refractivity contribution in [3.63, 3.8) is 0 Å². The van der Waals surface area contributed by atoms with Crippen LogP contribution in [-0.2, 0) is 4.74 Å². The molecule has 25 heavy (non-hydrogen) atoms. The predicted molar refractivity (Wildman–Crippen MR) is 99.3 cm³/mol. The van der Waals surface area contributed by atoms with Crippen LogP contribution in [0.3, 0.4) is 0 Å². The molecule has 0 saturated heterocycles. The summed E-state index contributed by atoms with van der Waals surface area (Å²) in [5.74, 6) is 0.748. The zero-order valence-electron chi connectivity index (χ0n) is 15.6. The van der Waals surface area contributed by atoms with Crippen molar-refractivity contribution in [1.29, 1.82) is 0 Å². The summed E-state index contributed by atoms with van der Waals surface area (Å²) in [5, 5.41) is 11.5. The Morgan fingerprint density at radius 1 is 1.00 bits per heavy atom. The van der Waals surface area contributed by atoms with Gasteiger partial charge in [-0.2, -0.15) is 0 Å². The smallest absolute Gasteiger partial charge is 0.189 e. The molecule has 0 aliphatic heterocycles. The van der Waals surface area contributed by atoms with Gasteiger partial charge < -0.3 is 9.47 Å². The van der Waals surface area contributed by atoms with E-state index < -0.39 is 0 Å². The number of aromatic nitrogens is 3. The van der Waals surface area contributed by atoms with Crippen molar-refractivity contribution < 1.29 is 9.47 Å². The van der Waals surface area contributed by atoms with Crippen LogP contribution in [0.15, 0.2) is 36.5 Å². The van der Waals surface area contributed by atoms with Crippen molar-refractivity contribution in [3.8, 4) is 17.0 Å². The molecule has 5 nitrogen and oxygen atoms in total. The van der Waals surface area contributed by atoms with E-state index in [0.29, 0.717) is 0 Å². The molecule has 0 aliphatic rings. The Hall–Kier alpha value is -2.01. The molecule has 1 heterocycles. The average Bonchev–Trinajstić information content (AvgIpc) is 2.68. The Balaban J connectivity index is 2.01. The number of ether oxygens (including phenoxy) is 2. The van der Waals surface area contributed by atoms with E-state index in [1.54, 1.807) is 6.20 Å². The number of para-hydroxylation sites is 1. The zero-order valence-corrected chi connectivity index (χ0v) is 15.6. The van der Waals surface area contributed by atoms with Gasteiger partial charge in [0.2, 0.25) is 0 Å². The van der Waals surface area contributed by atoms with Gasteiger partial charge in [0, 0.05) is 5.56 Å². The van der Waals surface area contributed by atoms with Crippen LogP contribution in [0, 0.1) is 0 Å². The van der Waals surface area contributed by atoms with Gasteiger partial charge in [-0.3, -0.25) is 0 Å². The normalized spacial score (nSPS) is 11.5. The van der Waals surface area contributed by atoms with E-state index in [1.807, 2.05) is 30.3 Å². The van der Waals surface area contributed by atoms with Gasteiger partial charge in [0.25, 0.3) is 0 Å². The maximum Gasteiger partial charge on any atom is 0.189 e. The molecule has 2 aromatic rings. The van der Waals surface area contributed by atoms with E-state index in [0.717, 1.165) is 36.3 Å². The molecule has 0 fully saturated rings. The molecule has 0 saturated carbocycles. The van der Waals surface area contributed by atoms with Crippen molar-refractivity contribution in [2.45, 2.75) is 64.9 Å². The molecule has 136 valence electrons. The molecular formula is C20H29N3O2. The number of unbranched alkanes of at least 4 members (excludes halogenated alkanes) is 2. The summed E-state index contributed by atoms with van der Waals surface area (Å²) >= 11 is 0. The SMILES string of the molecule is CCCCCC(CC)(CC)OCOc1ccccc1-c1ccnnn1. The van der Waals surface area contributed by atoms with Crippen LogP contribution < -0.4 is 4.74 Å². The third-order valence-electron chi connectivity index (χ3n) is 4.77. The largest absolute Gasteiger partial charge is 0.467 e. The van der Waals surface area contributed by atoms with Gasteiger partial charge in [-0.15, -0.1) is 10.2 Å². The Kier molecular flexibility index (Phi) is 7.79. The minimum atomic E-state index is -0.0966. The van der Waals surface area contributed by atoms with Gasteiger partial charge in [-0.25, -0.2) is 0 Å². The predicted octanol–water partition coefficient (Wildman–Crippen LogP) is 5.03.